The number of esters is 1. The maximum absolute atomic E-state index is 12.6. The zero-order valence-corrected chi connectivity index (χ0v) is 13.9. The van der Waals surface area contributed by atoms with Gasteiger partial charge < -0.3 is 4.74 Å². The zero-order chi connectivity index (χ0) is 17.1. The number of benzene rings is 2. The van der Waals surface area contributed by atoms with Crippen LogP contribution in [0, 0.1) is 20.8 Å². The van der Waals surface area contributed by atoms with E-state index < -0.39 is 11.8 Å². The summed E-state index contributed by atoms with van der Waals surface area (Å²) in [5.74, 6) is -1.12. The summed E-state index contributed by atoms with van der Waals surface area (Å²) >= 11 is 0. The molecule has 0 unspecified atom stereocenters. The van der Waals surface area contributed by atoms with E-state index in [0.717, 1.165) is 22.3 Å². The summed E-state index contributed by atoms with van der Waals surface area (Å²) in [7, 11) is 1.24. The molecule has 0 aliphatic heterocycles. The highest BCUT2D eigenvalue weighted by molar-refractivity contribution is 6.25. The van der Waals surface area contributed by atoms with Gasteiger partial charge in [-0.1, -0.05) is 48.5 Å². The van der Waals surface area contributed by atoms with Gasteiger partial charge in [0.05, 0.1) is 7.11 Å². The van der Waals surface area contributed by atoms with Crippen LogP contribution >= 0.6 is 0 Å². The van der Waals surface area contributed by atoms with Gasteiger partial charge in [0.1, 0.15) is 5.57 Å². The number of hydrogen-bond acceptors (Lipinski definition) is 3. The largest absolute Gasteiger partial charge is 0.465 e. The molecule has 0 bridgehead atoms. The summed E-state index contributed by atoms with van der Waals surface area (Å²) < 4.78 is 4.60. The zero-order valence-electron chi connectivity index (χ0n) is 13.9. The number of rotatable bonds is 4. The first-order valence-electron chi connectivity index (χ1n) is 7.36. The molecule has 0 fully saturated rings. The van der Waals surface area contributed by atoms with E-state index in [4.69, 9.17) is 0 Å². The van der Waals surface area contributed by atoms with Gasteiger partial charge in [0.15, 0.2) is 5.78 Å². The fourth-order valence-corrected chi connectivity index (χ4v) is 2.88. The lowest BCUT2D eigenvalue weighted by molar-refractivity contribution is -0.135. The summed E-state index contributed by atoms with van der Waals surface area (Å²) in [6.45, 7) is 9.65. The van der Waals surface area contributed by atoms with Gasteiger partial charge in [-0.25, -0.2) is 4.79 Å². The van der Waals surface area contributed by atoms with Crippen molar-refractivity contribution < 1.29 is 14.3 Å². The fourth-order valence-electron chi connectivity index (χ4n) is 2.88. The summed E-state index contributed by atoms with van der Waals surface area (Å²) in [4.78, 5) is 24.2. The van der Waals surface area contributed by atoms with Gasteiger partial charge in [0.2, 0.25) is 0 Å². The topological polar surface area (TPSA) is 43.4 Å². The molecular weight excluding hydrogens is 288 g/mol. The lowest BCUT2D eigenvalue weighted by Gasteiger charge is -2.15. The van der Waals surface area contributed by atoms with E-state index in [1.165, 1.54) is 12.7 Å². The number of Topliss-reactive ketones (excluding diaryl/α,β-unsaturated/α-hetero) is 1. The molecule has 2 aromatic carbocycles. The molecule has 0 atom stereocenters. The summed E-state index contributed by atoms with van der Waals surface area (Å²) in [5, 5.41) is 0. The number of ether oxygens (including phenoxy) is 1. The van der Waals surface area contributed by atoms with Crippen molar-refractivity contribution in [3.63, 3.8) is 0 Å². The summed E-state index contributed by atoms with van der Waals surface area (Å²) in [5.41, 5.74) is 5.46. The molecule has 118 valence electrons. The van der Waals surface area contributed by atoms with Gasteiger partial charge in [-0.3, -0.25) is 4.79 Å². The normalized spacial score (nSPS) is 10.3. The lowest BCUT2D eigenvalue weighted by atomic mass is 9.88. The van der Waals surface area contributed by atoms with Crippen LogP contribution in [0.4, 0.5) is 0 Å². The minimum Gasteiger partial charge on any atom is -0.465 e. The number of aryl methyl sites for hydroxylation is 3. The SMILES string of the molecule is C=C(C(=O)OC)C(=O)c1ccccc1-c1c(C)cc(C)cc1C. The summed E-state index contributed by atoms with van der Waals surface area (Å²) in [6.07, 6.45) is 0. The number of methoxy groups -OCH3 is 1. The van der Waals surface area contributed by atoms with Crippen molar-refractivity contribution >= 4 is 11.8 Å². The first-order valence-corrected chi connectivity index (χ1v) is 7.36. The Balaban J connectivity index is 2.62. The van der Waals surface area contributed by atoms with Crippen molar-refractivity contribution in [1.82, 2.24) is 0 Å². The van der Waals surface area contributed by atoms with Crippen molar-refractivity contribution in [3.05, 3.63) is 70.8 Å². The standard InChI is InChI=1S/C20H20O3/c1-12-10-13(2)18(14(3)11-12)16-8-6-7-9-17(16)19(21)15(4)20(22)23-5/h6-11H,4H2,1-3,5H3. The van der Waals surface area contributed by atoms with Crippen molar-refractivity contribution in [3.8, 4) is 11.1 Å². The van der Waals surface area contributed by atoms with Gasteiger partial charge in [-0.2, -0.15) is 0 Å². The molecule has 0 aliphatic carbocycles. The molecule has 0 aliphatic rings. The molecule has 3 heteroatoms. The van der Waals surface area contributed by atoms with Crippen molar-refractivity contribution in [2.45, 2.75) is 20.8 Å². The third-order valence-electron chi connectivity index (χ3n) is 3.82. The van der Waals surface area contributed by atoms with Crippen molar-refractivity contribution in [2.75, 3.05) is 7.11 Å². The molecule has 0 radical (unpaired) electrons. The van der Waals surface area contributed by atoms with Gasteiger partial charge in [-0.15, -0.1) is 0 Å². The molecule has 2 aromatic rings. The molecule has 0 amide bonds. The maximum atomic E-state index is 12.6. The maximum Gasteiger partial charge on any atom is 0.341 e. The van der Waals surface area contributed by atoms with Crippen LogP contribution in [0.2, 0.25) is 0 Å². The quantitative estimate of drug-likeness (QED) is 0.280. The molecule has 0 aromatic heterocycles. The molecule has 2 rings (SSSR count). The first-order chi connectivity index (χ1) is 10.9. The Hall–Kier alpha value is -2.68. The fraction of sp³-hybridized carbons (Fsp3) is 0.200. The molecule has 0 spiro atoms. The highest BCUT2D eigenvalue weighted by Gasteiger charge is 2.22. The van der Waals surface area contributed by atoms with E-state index in [9.17, 15) is 9.59 Å². The molecule has 0 heterocycles. The van der Waals surface area contributed by atoms with Gasteiger partial charge in [-0.05, 0) is 43.0 Å². The average Bonchev–Trinajstić information content (AvgIpc) is 2.52. The van der Waals surface area contributed by atoms with Crippen molar-refractivity contribution in [1.29, 1.82) is 0 Å². The second-order valence-corrected chi connectivity index (χ2v) is 5.62. The highest BCUT2D eigenvalue weighted by Crippen LogP contribution is 2.32. The summed E-state index contributed by atoms with van der Waals surface area (Å²) in [6, 6.07) is 11.4. The minimum atomic E-state index is -0.706. The molecular formula is C20H20O3. The van der Waals surface area contributed by atoms with Crippen LogP contribution in [-0.2, 0) is 9.53 Å². The van der Waals surface area contributed by atoms with Crippen molar-refractivity contribution in [2.24, 2.45) is 0 Å². The molecule has 0 saturated carbocycles. The highest BCUT2D eigenvalue weighted by atomic mass is 16.5. The minimum absolute atomic E-state index is 0.164. The Kier molecular flexibility index (Phi) is 4.80. The Morgan fingerprint density at radius 1 is 1.00 bits per heavy atom. The predicted molar refractivity (Wildman–Crippen MR) is 91.6 cm³/mol. The van der Waals surface area contributed by atoms with E-state index in [0.29, 0.717) is 5.56 Å². The second-order valence-electron chi connectivity index (χ2n) is 5.62. The number of carbonyl (C=O) groups is 2. The third-order valence-corrected chi connectivity index (χ3v) is 3.82. The number of carbonyl (C=O) groups excluding carboxylic acids is 2. The Bertz CT molecular complexity index is 777. The molecule has 3 nitrogen and oxygen atoms in total. The monoisotopic (exact) mass is 308 g/mol. The van der Waals surface area contributed by atoms with Crippen LogP contribution in [0.5, 0.6) is 0 Å². The van der Waals surface area contributed by atoms with E-state index in [1.807, 2.05) is 32.9 Å². The number of ketones is 1. The smallest absolute Gasteiger partial charge is 0.341 e. The Morgan fingerprint density at radius 2 is 1.57 bits per heavy atom. The lowest BCUT2D eigenvalue weighted by Crippen LogP contribution is -2.14. The number of hydrogen-bond donors (Lipinski definition) is 0. The van der Waals surface area contributed by atoms with E-state index in [-0.39, 0.29) is 5.57 Å². The first kappa shape index (κ1) is 16.7. The molecule has 0 saturated heterocycles. The second kappa shape index (κ2) is 6.61. The Morgan fingerprint density at radius 3 is 2.13 bits per heavy atom. The van der Waals surface area contributed by atoms with Crippen LogP contribution in [0.15, 0.2) is 48.6 Å². The van der Waals surface area contributed by atoms with Crippen LogP contribution in [0.25, 0.3) is 11.1 Å². The molecule has 23 heavy (non-hydrogen) atoms. The van der Waals surface area contributed by atoms with Gasteiger partial charge >= 0.3 is 5.97 Å². The third kappa shape index (κ3) is 3.24. The molecule has 0 N–H and O–H groups in total. The predicted octanol–water partition coefficient (Wildman–Crippen LogP) is 4.19. The van der Waals surface area contributed by atoms with E-state index in [2.05, 4.69) is 23.4 Å². The average molecular weight is 308 g/mol. The van der Waals surface area contributed by atoms with Gasteiger partial charge in [0.25, 0.3) is 0 Å². The van der Waals surface area contributed by atoms with E-state index in [1.54, 1.807) is 12.1 Å². The van der Waals surface area contributed by atoms with Crippen LogP contribution in [-0.4, -0.2) is 18.9 Å². The van der Waals surface area contributed by atoms with Gasteiger partial charge in [0, 0.05) is 5.56 Å². The van der Waals surface area contributed by atoms with Crippen LogP contribution < -0.4 is 0 Å². The van der Waals surface area contributed by atoms with Crippen LogP contribution in [0.1, 0.15) is 27.0 Å². The Labute approximate surface area is 136 Å². The van der Waals surface area contributed by atoms with Crippen LogP contribution in [0.3, 0.4) is 0 Å². The van der Waals surface area contributed by atoms with E-state index >= 15 is 0 Å².